The summed E-state index contributed by atoms with van der Waals surface area (Å²) >= 11 is 0. The molecule has 0 saturated carbocycles. The second-order valence-corrected chi connectivity index (χ2v) is 6.37. The second kappa shape index (κ2) is 10.5. The number of halogens is 1. The van der Waals surface area contributed by atoms with Crippen LogP contribution in [0.15, 0.2) is 77.9 Å². The summed E-state index contributed by atoms with van der Waals surface area (Å²) in [6.45, 7) is 0.313. The van der Waals surface area contributed by atoms with Crippen molar-refractivity contribution in [2.24, 2.45) is 5.10 Å². The van der Waals surface area contributed by atoms with Crippen molar-refractivity contribution in [2.45, 2.75) is 6.61 Å². The number of anilines is 1. The average Bonchev–Trinajstić information content (AvgIpc) is 2.80. The minimum Gasteiger partial charge on any atom is -0.497 e. The maximum atomic E-state index is 12.9. The highest BCUT2D eigenvalue weighted by Crippen LogP contribution is 2.15. The predicted molar refractivity (Wildman–Crippen MR) is 115 cm³/mol. The molecule has 0 aliphatic carbocycles. The number of hydrogen-bond acceptors (Lipinski definition) is 5. The molecule has 7 nitrogen and oxygen atoms in total. The molecule has 2 amide bonds. The van der Waals surface area contributed by atoms with Crippen molar-refractivity contribution in [1.29, 1.82) is 0 Å². The third-order valence-electron chi connectivity index (χ3n) is 4.13. The molecule has 31 heavy (non-hydrogen) atoms. The third kappa shape index (κ3) is 6.67. The van der Waals surface area contributed by atoms with Crippen molar-refractivity contribution in [3.8, 4) is 11.5 Å². The molecule has 0 unspecified atom stereocenters. The molecular formula is C23H20FN3O4. The first-order chi connectivity index (χ1) is 15.0. The topological polar surface area (TPSA) is 89.0 Å². The molecule has 158 valence electrons. The molecule has 0 radical (unpaired) electrons. The van der Waals surface area contributed by atoms with Gasteiger partial charge < -0.3 is 14.8 Å². The number of methoxy groups -OCH3 is 1. The summed E-state index contributed by atoms with van der Waals surface area (Å²) in [5.74, 6) is -0.765. The molecule has 2 N–H and O–H groups in total. The molecule has 3 aromatic rings. The summed E-state index contributed by atoms with van der Waals surface area (Å²) in [6, 6.07) is 19.6. The van der Waals surface area contributed by atoms with Crippen LogP contribution in [0, 0.1) is 5.82 Å². The SMILES string of the molecule is COc1ccc(NC(=O)C(=O)N/N=C\c2ccc(OCc3ccc(F)cc3)cc2)cc1. The molecule has 8 heteroatoms. The Bertz CT molecular complexity index is 1050. The van der Waals surface area contributed by atoms with Crippen LogP contribution in [-0.4, -0.2) is 25.1 Å². The Labute approximate surface area is 178 Å². The third-order valence-corrected chi connectivity index (χ3v) is 4.13. The lowest BCUT2D eigenvalue weighted by atomic mass is 10.2. The number of nitrogens with zero attached hydrogens (tertiary/aromatic N) is 1. The van der Waals surface area contributed by atoms with Gasteiger partial charge in [0.15, 0.2) is 0 Å². The molecule has 0 bridgehead atoms. The van der Waals surface area contributed by atoms with Crippen LogP contribution in [0.5, 0.6) is 11.5 Å². The van der Waals surface area contributed by atoms with E-state index < -0.39 is 11.8 Å². The van der Waals surface area contributed by atoms with Crippen molar-refractivity contribution in [3.63, 3.8) is 0 Å². The fourth-order valence-corrected chi connectivity index (χ4v) is 2.48. The first-order valence-electron chi connectivity index (χ1n) is 9.29. The largest absolute Gasteiger partial charge is 0.497 e. The number of carbonyl (C=O) groups excluding carboxylic acids is 2. The average molecular weight is 421 g/mol. The van der Waals surface area contributed by atoms with Gasteiger partial charge in [0.05, 0.1) is 13.3 Å². The fraction of sp³-hybridized carbons (Fsp3) is 0.0870. The lowest BCUT2D eigenvalue weighted by Gasteiger charge is -2.06. The van der Waals surface area contributed by atoms with Crippen LogP contribution in [0.25, 0.3) is 0 Å². The van der Waals surface area contributed by atoms with Gasteiger partial charge in [0, 0.05) is 5.69 Å². The summed E-state index contributed by atoms with van der Waals surface area (Å²) in [5, 5.41) is 6.24. The van der Waals surface area contributed by atoms with Gasteiger partial charge in [0.1, 0.15) is 23.9 Å². The minimum atomic E-state index is -0.897. The Morgan fingerprint density at radius 1 is 0.903 bits per heavy atom. The van der Waals surface area contributed by atoms with E-state index in [2.05, 4.69) is 15.8 Å². The Morgan fingerprint density at radius 3 is 2.19 bits per heavy atom. The Hall–Kier alpha value is -4.20. The van der Waals surface area contributed by atoms with E-state index in [1.807, 2.05) is 0 Å². The zero-order valence-electron chi connectivity index (χ0n) is 16.7. The molecular weight excluding hydrogens is 401 g/mol. The summed E-state index contributed by atoms with van der Waals surface area (Å²) in [4.78, 5) is 23.7. The number of amides is 2. The van der Waals surface area contributed by atoms with Crippen molar-refractivity contribution < 1.29 is 23.5 Å². The molecule has 0 atom stereocenters. The first-order valence-corrected chi connectivity index (χ1v) is 9.29. The van der Waals surface area contributed by atoms with Gasteiger partial charge in [-0.25, -0.2) is 9.82 Å². The van der Waals surface area contributed by atoms with Crippen LogP contribution >= 0.6 is 0 Å². The number of hydrogen-bond donors (Lipinski definition) is 2. The Morgan fingerprint density at radius 2 is 1.55 bits per heavy atom. The van der Waals surface area contributed by atoms with Gasteiger partial charge in [-0.15, -0.1) is 0 Å². The van der Waals surface area contributed by atoms with Crippen LogP contribution in [0.1, 0.15) is 11.1 Å². The van der Waals surface area contributed by atoms with E-state index in [0.29, 0.717) is 29.4 Å². The lowest BCUT2D eigenvalue weighted by Crippen LogP contribution is -2.32. The van der Waals surface area contributed by atoms with Gasteiger partial charge in [-0.2, -0.15) is 5.10 Å². The smallest absolute Gasteiger partial charge is 0.329 e. The molecule has 0 saturated heterocycles. The van der Waals surface area contributed by atoms with Gasteiger partial charge in [-0.1, -0.05) is 12.1 Å². The van der Waals surface area contributed by atoms with E-state index in [1.54, 1.807) is 60.7 Å². The van der Waals surface area contributed by atoms with Gasteiger partial charge in [-0.3, -0.25) is 9.59 Å². The highest BCUT2D eigenvalue weighted by Gasteiger charge is 2.12. The lowest BCUT2D eigenvalue weighted by molar-refractivity contribution is -0.136. The van der Waals surface area contributed by atoms with E-state index in [4.69, 9.17) is 9.47 Å². The Kier molecular flexibility index (Phi) is 7.31. The fourth-order valence-electron chi connectivity index (χ4n) is 2.48. The van der Waals surface area contributed by atoms with Gasteiger partial charge in [-0.05, 0) is 71.8 Å². The summed E-state index contributed by atoms with van der Waals surface area (Å²) in [7, 11) is 1.54. The standard InChI is InChI=1S/C23H20FN3O4/c1-30-20-12-8-19(9-13-20)26-22(28)23(29)27-25-14-16-4-10-21(11-5-16)31-15-17-2-6-18(24)7-3-17/h2-14H,15H2,1H3,(H,26,28)(H,27,29)/b25-14-. The monoisotopic (exact) mass is 421 g/mol. The normalized spacial score (nSPS) is 10.5. The molecule has 0 spiro atoms. The summed E-state index contributed by atoms with van der Waals surface area (Å²) < 4.78 is 23.6. The summed E-state index contributed by atoms with van der Waals surface area (Å²) in [6.07, 6.45) is 1.41. The van der Waals surface area contributed by atoms with Crippen molar-refractivity contribution >= 4 is 23.7 Å². The quantitative estimate of drug-likeness (QED) is 0.347. The number of carbonyl (C=O) groups is 2. The van der Waals surface area contributed by atoms with Crippen LogP contribution in [-0.2, 0) is 16.2 Å². The minimum absolute atomic E-state index is 0.294. The molecule has 0 fully saturated rings. The van der Waals surface area contributed by atoms with E-state index >= 15 is 0 Å². The van der Waals surface area contributed by atoms with Crippen LogP contribution in [0.2, 0.25) is 0 Å². The van der Waals surface area contributed by atoms with Crippen LogP contribution < -0.4 is 20.2 Å². The number of nitrogens with one attached hydrogen (secondary N) is 2. The van der Waals surface area contributed by atoms with Gasteiger partial charge in [0.25, 0.3) is 0 Å². The van der Waals surface area contributed by atoms with E-state index in [1.165, 1.54) is 25.5 Å². The Balaban J connectivity index is 1.45. The zero-order chi connectivity index (χ0) is 22.1. The van der Waals surface area contributed by atoms with Crippen molar-refractivity contribution in [3.05, 3.63) is 89.7 Å². The van der Waals surface area contributed by atoms with Crippen LogP contribution in [0.4, 0.5) is 10.1 Å². The molecule has 3 rings (SSSR count). The maximum Gasteiger partial charge on any atom is 0.329 e. The number of hydrazone groups is 1. The number of ether oxygens (including phenoxy) is 2. The van der Waals surface area contributed by atoms with Gasteiger partial charge >= 0.3 is 11.8 Å². The maximum absolute atomic E-state index is 12.9. The zero-order valence-corrected chi connectivity index (χ0v) is 16.7. The van der Waals surface area contributed by atoms with Crippen molar-refractivity contribution in [1.82, 2.24) is 5.43 Å². The molecule has 0 aliphatic heterocycles. The van der Waals surface area contributed by atoms with E-state index in [9.17, 15) is 14.0 Å². The highest BCUT2D eigenvalue weighted by atomic mass is 19.1. The predicted octanol–water partition coefficient (Wildman–Crippen LogP) is 3.50. The number of rotatable bonds is 7. The van der Waals surface area contributed by atoms with Crippen molar-refractivity contribution in [2.75, 3.05) is 12.4 Å². The molecule has 3 aromatic carbocycles. The highest BCUT2D eigenvalue weighted by molar-refractivity contribution is 6.39. The van der Waals surface area contributed by atoms with Gasteiger partial charge in [0.2, 0.25) is 0 Å². The van der Waals surface area contributed by atoms with E-state index in [0.717, 1.165) is 5.56 Å². The first kappa shape index (κ1) is 21.5. The summed E-state index contributed by atoms with van der Waals surface area (Å²) in [5.41, 5.74) is 4.18. The molecule has 0 aliphatic rings. The molecule has 0 heterocycles. The van der Waals surface area contributed by atoms with Crippen LogP contribution in [0.3, 0.4) is 0 Å². The van der Waals surface area contributed by atoms with E-state index in [-0.39, 0.29) is 5.82 Å². The number of benzene rings is 3. The second-order valence-electron chi connectivity index (χ2n) is 6.37. The molecule has 0 aromatic heterocycles.